The molecule has 4 saturated carbocycles. The maximum Gasteiger partial charge on any atom is 0.417 e. The molecule has 4 N–H and O–H groups in total. The van der Waals surface area contributed by atoms with Crippen molar-refractivity contribution in [2.24, 2.45) is 23.5 Å². The minimum Gasteiger partial charge on any atom is -0.364 e. The molecule has 7 nitrogen and oxygen atoms in total. The Labute approximate surface area is 195 Å². The van der Waals surface area contributed by atoms with Gasteiger partial charge >= 0.3 is 6.18 Å². The summed E-state index contributed by atoms with van der Waals surface area (Å²) in [5.74, 6) is 0.328. The number of carbonyl (C=O) groups excluding carboxylic acids is 2. The normalized spacial score (nSPS) is 30.4. The first-order chi connectivity index (χ1) is 15.9. The highest BCUT2D eigenvalue weighted by atomic mass is 19.4. The molecule has 4 aliphatic carbocycles. The zero-order chi connectivity index (χ0) is 24.5. The molecule has 0 saturated heterocycles. The van der Waals surface area contributed by atoms with Gasteiger partial charge in [0.25, 0.3) is 5.91 Å². The number of alkyl halides is 3. The van der Waals surface area contributed by atoms with Gasteiger partial charge in [0.2, 0.25) is 5.91 Å². The molecule has 2 heterocycles. The van der Waals surface area contributed by atoms with Gasteiger partial charge in [0, 0.05) is 23.3 Å². The van der Waals surface area contributed by atoms with Crippen LogP contribution in [0.25, 0.3) is 0 Å². The van der Waals surface area contributed by atoms with E-state index in [-0.39, 0.29) is 34.9 Å². The Morgan fingerprint density at radius 1 is 1.15 bits per heavy atom. The van der Waals surface area contributed by atoms with Crippen molar-refractivity contribution in [2.45, 2.75) is 69.0 Å². The summed E-state index contributed by atoms with van der Waals surface area (Å²) in [5, 5.41) is 10.4. The molecule has 5 atom stereocenters. The lowest BCUT2D eigenvalue weighted by Gasteiger charge is -2.60. The first kappa shape index (κ1) is 22.9. The molecule has 3 unspecified atom stereocenters. The van der Waals surface area contributed by atoms with Crippen LogP contribution in [0.3, 0.4) is 0 Å². The van der Waals surface area contributed by atoms with Gasteiger partial charge in [-0.3, -0.25) is 19.7 Å². The SMILES string of the molecule is CC(C)(C(=O)NC1[C@@H]2CC3C[C@H]1CC(c1cc(C(N)=O)n[nH]1)(C3)C2)c1ccc(C(F)(F)F)cn1. The van der Waals surface area contributed by atoms with E-state index < -0.39 is 23.1 Å². The van der Waals surface area contributed by atoms with Crippen LogP contribution in [-0.2, 0) is 21.8 Å². The number of aromatic amines is 1. The first-order valence-corrected chi connectivity index (χ1v) is 11.6. The number of carbonyl (C=O) groups is 2. The minimum absolute atomic E-state index is 0.00410. The Morgan fingerprint density at radius 2 is 1.82 bits per heavy atom. The van der Waals surface area contributed by atoms with Gasteiger partial charge in [-0.25, -0.2) is 0 Å². The molecule has 10 heteroatoms. The van der Waals surface area contributed by atoms with Crippen LogP contribution in [0.2, 0.25) is 0 Å². The van der Waals surface area contributed by atoms with Crippen LogP contribution in [0.15, 0.2) is 24.4 Å². The molecule has 2 amide bonds. The summed E-state index contributed by atoms with van der Waals surface area (Å²) in [5.41, 5.74) is 4.86. The largest absolute Gasteiger partial charge is 0.417 e. The fourth-order valence-corrected chi connectivity index (χ4v) is 6.69. The van der Waals surface area contributed by atoms with Crippen LogP contribution in [0.5, 0.6) is 0 Å². The molecule has 6 rings (SSSR count). The van der Waals surface area contributed by atoms with E-state index in [1.807, 2.05) is 0 Å². The van der Waals surface area contributed by atoms with Gasteiger partial charge in [0.05, 0.1) is 16.7 Å². The standard InChI is InChI=1S/C24H28F3N5O2/c1-22(2,17-4-3-15(11-29-17)24(25,26)27)21(34)30-19-13-5-12-6-14(19)10-23(8-12,9-13)18-7-16(20(28)33)31-32-18/h3-4,7,11-14,19H,5-6,8-10H2,1-2H3,(H2,28,33)(H,30,34)(H,31,32)/t12?,13-,14+,19?,23?. The lowest BCUT2D eigenvalue weighted by molar-refractivity contribution is -0.137. The molecule has 4 aliphatic rings. The van der Waals surface area contributed by atoms with Crippen molar-refractivity contribution in [1.29, 1.82) is 0 Å². The zero-order valence-electron chi connectivity index (χ0n) is 19.1. The third-order valence-electron chi connectivity index (χ3n) is 8.27. The summed E-state index contributed by atoms with van der Waals surface area (Å²) in [6.07, 6.45) is 1.15. The molecule has 0 aliphatic heterocycles. The Morgan fingerprint density at radius 3 is 2.35 bits per heavy atom. The zero-order valence-corrected chi connectivity index (χ0v) is 19.1. The van der Waals surface area contributed by atoms with Crippen molar-refractivity contribution in [3.63, 3.8) is 0 Å². The van der Waals surface area contributed by atoms with Crippen molar-refractivity contribution < 1.29 is 22.8 Å². The van der Waals surface area contributed by atoms with E-state index in [1.54, 1.807) is 19.9 Å². The van der Waals surface area contributed by atoms with Gasteiger partial charge < -0.3 is 11.1 Å². The van der Waals surface area contributed by atoms with Crippen LogP contribution >= 0.6 is 0 Å². The average molecular weight is 476 g/mol. The molecule has 2 aromatic rings. The molecule has 34 heavy (non-hydrogen) atoms. The van der Waals surface area contributed by atoms with Crippen LogP contribution in [0, 0.1) is 17.8 Å². The van der Waals surface area contributed by atoms with E-state index >= 15 is 0 Å². The molecule has 0 spiro atoms. The Kier molecular flexibility index (Phi) is 5.07. The van der Waals surface area contributed by atoms with Crippen molar-refractivity contribution in [2.75, 3.05) is 0 Å². The Hall–Kier alpha value is -2.91. The maximum atomic E-state index is 13.3. The predicted octanol–water partition coefficient (Wildman–Crippen LogP) is 3.46. The van der Waals surface area contributed by atoms with Crippen molar-refractivity contribution in [3.8, 4) is 0 Å². The van der Waals surface area contributed by atoms with Gasteiger partial charge in [0.15, 0.2) is 0 Å². The fourth-order valence-electron chi connectivity index (χ4n) is 6.69. The molecular formula is C24H28F3N5O2. The van der Waals surface area contributed by atoms with E-state index in [0.29, 0.717) is 11.6 Å². The summed E-state index contributed by atoms with van der Waals surface area (Å²) in [7, 11) is 0. The Bertz CT molecular complexity index is 1110. The van der Waals surface area contributed by atoms with Gasteiger partial charge in [0.1, 0.15) is 5.69 Å². The maximum absolute atomic E-state index is 13.3. The smallest absolute Gasteiger partial charge is 0.364 e. The second-order valence-corrected chi connectivity index (χ2v) is 10.8. The molecule has 182 valence electrons. The summed E-state index contributed by atoms with van der Waals surface area (Å²) in [6, 6.07) is 4.02. The highest BCUT2D eigenvalue weighted by Crippen LogP contribution is 2.60. The number of primary amides is 1. The molecule has 4 bridgehead atoms. The number of H-pyrrole nitrogens is 1. The molecule has 0 aromatic carbocycles. The van der Waals surface area contributed by atoms with Crippen LogP contribution in [0.4, 0.5) is 13.2 Å². The second kappa shape index (κ2) is 7.55. The number of hydrogen-bond donors (Lipinski definition) is 3. The number of halogens is 3. The van der Waals surface area contributed by atoms with Crippen molar-refractivity contribution >= 4 is 11.8 Å². The average Bonchev–Trinajstić information content (AvgIpc) is 3.27. The number of hydrogen-bond acceptors (Lipinski definition) is 4. The Balaban J connectivity index is 1.33. The monoisotopic (exact) mass is 475 g/mol. The van der Waals surface area contributed by atoms with Crippen LogP contribution < -0.4 is 11.1 Å². The minimum atomic E-state index is -4.47. The molecule has 0 radical (unpaired) electrons. The van der Waals surface area contributed by atoms with E-state index in [0.717, 1.165) is 50.1 Å². The number of nitrogens with one attached hydrogen (secondary N) is 2. The molecule has 4 fully saturated rings. The highest BCUT2D eigenvalue weighted by molar-refractivity contribution is 5.90. The summed E-state index contributed by atoms with van der Waals surface area (Å²) >= 11 is 0. The molecule has 2 aromatic heterocycles. The van der Waals surface area contributed by atoms with E-state index in [1.165, 1.54) is 6.07 Å². The lowest BCUT2D eigenvalue weighted by Crippen LogP contribution is -2.62. The topological polar surface area (TPSA) is 114 Å². The summed E-state index contributed by atoms with van der Waals surface area (Å²) in [4.78, 5) is 28.8. The van der Waals surface area contributed by atoms with Gasteiger partial charge in [-0.1, -0.05) is 0 Å². The highest BCUT2D eigenvalue weighted by Gasteiger charge is 2.57. The number of nitrogens with zero attached hydrogens (tertiary/aromatic N) is 2. The third-order valence-corrected chi connectivity index (χ3v) is 8.27. The number of aromatic nitrogens is 3. The number of rotatable bonds is 5. The van der Waals surface area contributed by atoms with Gasteiger partial charge in [-0.15, -0.1) is 0 Å². The predicted molar refractivity (Wildman–Crippen MR) is 117 cm³/mol. The van der Waals surface area contributed by atoms with Crippen molar-refractivity contribution in [3.05, 3.63) is 47.0 Å². The fraction of sp³-hybridized carbons (Fsp3) is 0.583. The van der Waals surface area contributed by atoms with E-state index in [9.17, 15) is 22.8 Å². The summed E-state index contributed by atoms with van der Waals surface area (Å²) in [6.45, 7) is 3.37. The van der Waals surface area contributed by atoms with Gasteiger partial charge in [-0.05, 0) is 81.9 Å². The third kappa shape index (κ3) is 3.67. The van der Waals surface area contributed by atoms with E-state index in [2.05, 4.69) is 20.5 Å². The van der Waals surface area contributed by atoms with Gasteiger partial charge in [-0.2, -0.15) is 18.3 Å². The molecular weight excluding hydrogens is 447 g/mol. The first-order valence-electron chi connectivity index (χ1n) is 11.6. The number of amides is 2. The van der Waals surface area contributed by atoms with Crippen LogP contribution in [-0.4, -0.2) is 33.0 Å². The van der Waals surface area contributed by atoms with E-state index in [4.69, 9.17) is 5.73 Å². The second-order valence-electron chi connectivity index (χ2n) is 10.8. The van der Waals surface area contributed by atoms with Crippen molar-refractivity contribution in [1.82, 2.24) is 20.5 Å². The lowest BCUT2D eigenvalue weighted by atomic mass is 9.47. The van der Waals surface area contributed by atoms with Crippen LogP contribution in [0.1, 0.15) is 73.4 Å². The summed E-state index contributed by atoms with van der Waals surface area (Å²) < 4.78 is 38.7. The number of pyridine rings is 1. The number of nitrogens with two attached hydrogens (primary N) is 1. The quantitative estimate of drug-likeness (QED) is 0.615.